The van der Waals surface area contributed by atoms with Crippen LogP contribution in [0.1, 0.15) is 81.4 Å². The van der Waals surface area contributed by atoms with Gasteiger partial charge in [-0.3, -0.25) is 11.3 Å². The lowest BCUT2D eigenvalue weighted by atomic mass is 9.80. The van der Waals surface area contributed by atoms with Gasteiger partial charge in [0.15, 0.2) is 0 Å². The molecule has 0 bridgehead atoms. The third-order valence-electron chi connectivity index (χ3n) is 4.46. The molecule has 0 aliphatic heterocycles. The number of hydrogen-bond donors (Lipinski definition) is 2. The van der Waals surface area contributed by atoms with Crippen molar-refractivity contribution < 1.29 is 0 Å². The van der Waals surface area contributed by atoms with Gasteiger partial charge in [0.2, 0.25) is 0 Å². The number of hydrazine groups is 1. The van der Waals surface area contributed by atoms with Crippen LogP contribution in [0, 0.1) is 0 Å². The summed E-state index contributed by atoms with van der Waals surface area (Å²) in [4.78, 5) is 0. The lowest BCUT2D eigenvalue weighted by molar-refractivity contribution is 0.419. The quantitative estimate of drug-likeness (QED) is 0.412. The lowest BCUT2D eigenvalue weighted by Crippen LogP contribution is -2.28. The van der Waals surface area contributed by atoms with Crippen molar-refractivity contribution in [3.05, 3.63) is 35.4 Å². The van der Waals surface area contributed by atoms with E-state index >= 15 is 0 Å². The number of hydrogen-bond acceptors (Lipinski definition) is 2. The first-order valence-corrected chi connectivity index (χ1v) is 7.91. The molecule has 3 N–H and O–H groups in total. The van der Waals surface area contributed by atoms with E-state index in [0.29, 0.717) is 6.04 Å². The molecule has 106 valence electrons. The highest BCUT2D eigenvalue weighted by Gasteiger charge is 2.19. The number of unbranched alkanes of at least 4 members (excludes halogenated alkanes) is 3. The van der Waals surface area contributed by atoms with Gasteiger partial charge in [-0.1, -0.05) is 63.3 Å². The van der Waals surface area contributed by atoms with Crippen molar-refractivity contribution in [2.75, 3.05) is 0 Å². The summed E-state index contributed by atoms with van der Waals surface area (Å²) >= 11 is 0. The van der Waals surface area contributed by atoms with Crippen molar-refractivity contribution in [1.82, 2.24) is 5.43 Å². The van der Waals surface area contributed by atoms with Crippen LogP contribution in [0.4, 0.5) is 0 Å². The van der Waals surface area contributed by atoms with Gasteiger partial charge in [-0.15, -0.1) is 0 Å². The van der Waals surface area contributed by atoms with Crippen molar-refractivity contribution in [3.63, 3.8) is 0 Å². The van der Waals surface area contributed by atoms with Crippen molar-refractivity contribution in [3.8, 4) is 0 Å². The van der Waals surface area contributed by atoms with Gasteiger partial charge < -0.3 is 0 Å². The average Bonchev–Trinajstić information content (AvgIpc) is 2.38. The van der Waals surface area contributed by atoms with E-state index in [2.05, 4.69) is 36.6 Å². The molecule has 1 fully saturated rings. The van der Waals surface area contributed by atoms with Crippen molar-refractivity contribution in [1.29, 1.82) is 0 Å². The Bertz CT molecular complexity index is 354. The topological polar surface area (TPSA) is 38.0 Å². The molecular weight excluding hydrogens is 232 g/mol. The van der Waals surface area contributed by atoms with Crippen LogP contribution in [0.25, 0.3) is 0 Å². The van der Waals surface area contributed by atoms with Gasteiger partial charge in [0, 0.05) is 6.04 Å². The second-order valence-corrected chi connectivity index (χ2v) is 5.86. The molecule has 1 aliphatic carbocycles. The number of rotatable bonds is 8. The normalized spacial score (nSPS) is 17.2. The molecule has 1 aromatic carbocycles. The van der Waals surface area contributed by atoms with Crippen LogP contribution < -0.4 is 11.3 Å². The molecule has 2 heteroatoms. The molecule has 0 saturated heterocycles. The fraction of sp³-hybridized carbons (Fsp3) is 0.647. The van der Waals surface area contributed by atoms with Crippen molar-refractivity contribution in [2.24, 2.45) is 5.84 Å². The predicted molar refractivity (Wildman–Crippen MR) is 81.9 cm³/mol. The molecule has 0 spiro atoms. The van der Waals surface area contributed by atoms with E-state index < -0.39 is 0 Å². The van der Waals surface area contributed by atoms with E-state index in [0.717, 1.165) is 12.3 Å². The molecule has 1 atom stereocenters. The van der Waals surface area contributed by atoms with Crippen LogP contribution in [0.5, 0.6) is 0 Å². The maximum atomic E-state index is 5.70. The SMILES string of the molecule is CCCCCCC(NN)c1ccc(C2CCC2)cc1. The first kappa shape index (κ1) is 14.5. The Balaban J connectivity index is 1.86. The van der Waals surface area contributed by atoms with E-state index in [-0.39, 0.29) is 0 Å². The molecule has 2 nitrogen and oxygen atoms in total. The van der Waals surface area contributed by atoms with Gasteiger partial charge in [-0.25, -0.2) is 0 Å². The van der Waals surface area contributed by atoms with E-state index in [1.165, 1.54) is 56.1 Å². The fourth-order valence-corrected chi connectivity index (χ4v) is 2.86. The molecular formula is C17H28N2. The Labute approximate surface area is 117 Å². The second-order valence-electron chi connectivity index (χ2n) is 5.86. The highest BCUT2D eigenvalue weighted by atomic mass is 15.2. The zero-order valence-corrected chi connectivity index (χ0v) is 12.2. The van der Waals surface area contributed by atoms with Crippen molar-refractivity contribution in [2.45, 2.75) is 70.3 Å². The first-order chi connectivity index (χ1) is 9.35. The summed E-state index contributed by atoms with van der Waals surface area (Å²) in [5.74, 6) is 6.53. The number of nitrogens with two attached hydrogens (primary N) is 1. The zero-order valence-electron chi connectivity index (χ0n) is 12.2. The molecule has 1 aliphatic rings. The van der Waals surface area contributed by atoms with Gasteiger partial charge in [0.1, 0.15) is 0 Å². The van der Waals surface area contributed by atoms with E-state index in [1.807, 2.05) is 0 Å². The molecule has 1 saturated carbocycles. The monoisotopic (exact) mass is 260 g/mol. The van der Waals surface area contributed by atoms with Crippen LogP contribution in [-0.2, 0) is 0 Å². The number of benzene rings is 1. The molecule has 0 radical (unpaired) electrons. The Kier molecular flexibility index (Phi) is 5.87. The summed E-state index contributed by atoms with van der Waals surface area (Å²) in [6.07, 6.45) is 10.5. The molecule has 0 aromatic heterocycles. The summed E-state index contributed by atoms with van der Waals surface area (Å²) in [7, 11) is 0. The standard InChI is InChI=1S/C17H28N2/c1-2-3-4-5-9-17(19-18)16-12-10-15(11-13-16)14-7-6-8-14/h10-14,17,19H,2-9,18H2,1H3. The average molecular weight is 260 g/mol. The van der Waals surface area contributed by atoms with Crippen LogP contribution in [0.15, 0.2) is 24.3 Å². The summed E-state index contributed by atoms with van der Waals surface area (Å²) in [5, 5.41) is 0. The Hall–Kier alpha value is -0.860. The van der Waals surface area contributed by atoms with Gasteiger partial charge in [0.25, 0.3) is 0 Å². The molecule has 1 aromatic rings. The maximum Gasteiger partial charge on any atom is 0.0460 e. The Morgan fingerprint density at radius 1 is 1.16 bits per heavy atom. The van der Waals surface area contributed by atoms with Crippen LogP contribution in [0.3, 0.4) is 0 Å². The van der Waals surface area contributed by atoms with Gasteiger partial charge in [0.05, 0.1) is 0 Å². The molecule has 19 heavy (non-hydrogen) atoms. The Morgan fingerprint density at radius 2 is 1.89 bits per heavy atom. The van der Waals surface area contributed by atoms with Gasteiger partial charge in [-0.2, -0.15) is 0 Å². The highest BCUT2D eigenvalue weighted by molar-refractivity contribution is 5.28. The summed E-state index contributed by atoms with van der Waals surface area (Å²) in [6.45, 7) is 2.25. The third kappa shape index (κ3) is 4.05. The Morgan fingerprint density at radius 3 is 2.42 bits per heavy atom. The van der Waals surface area contributed by atoms with E-state index in [1.54, 1.807) is 0 Å². The molecule has 1 unspecified atom stereocenters. The minimum Gasteiger partial charge on any atom is -0.271 e. The second kappa shape index (κ2) is 7.66. The largest absolute Gasteiger partial charge is 0.271 e. The van der Waals surface area contributed by atoms with Gasteiger partial charge in [-0.05, 0) is 36.3 Å². The smallest absolute Gasteiger partial charge is 0.0460 e. The first-order valence-electron chi connectivity index (χ1n) is 7.91. The predicted octanol–water partition coefficient (Wildman–Crippen LogP) is 4.43. The third-order valence-corrected chi connectivity index (χ3v) is 4.46. The van der Waals surface area contributed by atoms with Crippen LogP contribution in [-0.4, -0.2) is 0 Å². The highest BCUT2D eigenvalue weighted by Crippen LogP contribution is 2.36. The fourth-order valence-electron chi connectivity index (χ4n) is 2.86. The summed E-state index contributed by atoms with van der Waals surface area (Å²) in [5.41, 5.74) is 5.82. The van der Waals surface area contributed by atoms with Crippen molar-refractivity contribution >= 4 is 0 Å². The minimum absolute atomic E-state index is 0.312. The maximum absolute atomic E-state index is 5.70. The van der Waals surface area contributed by atoms with Gasteiger partial charge >= 0.3 is 0 Å². The molecule has 0 amide bonds. The van der Waals surface area contributed by atoms with Crippen LogP contribution in [0.2, 0.25) is 0 Å². The number of nitrogens with one attached hydrogen (secondary N) is 1. The molecule has 0 heterocycles. The summed E-state index contributed by atoms with van der Waals surface area (Å²) < 4.78 is 0. The summed E-state index contributed by atoms with van der Waals surface area (Å²) in [6, 6.07) is 9.44. The van der Waals surface area contributed by atoms with Crippen LogP contribution >= 0.6 is 0 Å². The minimum atomic E-state index is 0.312. The lowest BCUT2D eigenvalue weighted by Gasteiger charge is -2.26. The molecule has 2 rings (SSSR count). The van der Waals surface area contributed by atoms with E-state index in [4.69, 9.17) is 5.84 Å². The van der Waals surface area contributed by atoms with E-state index in [9.17, 15) is 0 Å². The zero-order chi connectivity index (χ0) is 13.5.